The molecule has 0 saturated heterocycles. The second-order valence-corrected chi connectivity index (χ2v) is 2.95. The van der Waals surface area contributed by atoms with Gasteiger partial charge >= 0.3 is 0 Å². The van der Waals surface area contributed by atoms with Crippen molar-refractivity contribution in [1.29, 1.82) is 0 Å². The first-order valence-electron chi connectivity index (χ1n) is 3.83. The summed E-state index contributed by atoms with van der Waals surface area (Å²) in [6.07, 6.45) is 4.06. The molecule has 1 fully saturated rings. The van der Waals surface area contributed by atoms with Crippen LogP contribution in [-0.4, -0.2) is 18.0 Å². The molecule has 0 spiro atoms. The predicted molar refractivity (Wildman–Crippen MR) is 38.8 cm³/mol. The molecule has 10 heavy (non-hydrogen) atoms. The fourth-order valence-electron chi connectivity index (χ4n) is 1.63. The van der Waals surface area contributed by atoms with Crippen molar-refractivity contribution in [3.8, 4) is 0 Å². The molecule has 2 rings (SSSR count). The summed E-state index contributed by atoms with van der Waals surface area (Å²) >= 11 is 0. The van der Waals surface area contributed by atoms with Gasteiger partial charge < -0.3 is 10.2 Å². The van der Waals surface area contributed by atoms with E-state index in [0.29, 0.717) is 12.1 Å². The van der Waals surface area contributed by atoms with Crippen LogP contribution >= 0.6 is 0 Å². The molecule has 0 aromatic heterocycles. The van der Waals surface area contributed by atoms with E-state index >= 15 is 0 Å². The lowest BCUT2D eigenvalue weighted by Gasteiger charge is -2.25. The SMILES string of the molecule is CC1=NNC2CCCC2O1. The number of nitrogens with one attached hydrogen (secondary N) is 1. The zero-order valence-electron chi connectivity index (χ0n) is 6.13. The molecule has 56 valence electrons. The van der Waals surface area contributed by atoms with E-state index in [1.807, 2.05) is 6.92 Å². The third kappa shape index (κ3) is 0.856. The Kier molecular flexibility index (Phi) is 1.29. The van der Waals surface area contributed by atoms with E-state index in [9.17, 15) is 0 Å². The summed E-state index contributed by atoms with van der Waals surface area (Å²) in [4.78, 5) is 0. The first-order valence-corrected chi connectivity index (χ1v) is 3.83. The number of hydrazone groups is 1. The highest BCUT2D eigenvalue weighted by Crippen LogP contribution is 2.24. The molecule has 1 N–H and O–H groups in total. The lowest BCUT2D eigenvalue weighted by atomic mass is 10.2. The van der Waals surface area contributed by atoms with Crippen molar-refractivity contribution < 1.29 is 4.74 Å². The van der Waals surface area contributed by atoms with E-state index in [1.165, 1.54) is 19.3 Å². The first-order chi connectivity index (χ1) is 4.86. The third-order valence-electron chi connectivity index (χ3n) is 2.16. The van der Waals surface area contributed by atoms with Crippen molar-refractivity contribution in [3.63, 3.8) is 0 Å². The van der Waals surface area contributed by atoms with Crippen LogP contribution in [0.2, 0.25) is 0 Å². The number of hydrogen-bond acceptors (Lipinski definition) is 3. The van der Waals surface area contributed by atoms with E-state index < -0.39 is 0 Å². The van der Waals surface area contributed by atoms with Crippen LogP contribution in [-0.2, 0) is 4.74 Å². The zero-order valence-corrected chi connectivity index (χ0v) is 6.13. The molecule has 2 aliphatic rings. The summed E-state index contributed by atoms with van der Waals surface area (Å²) in [5.74, 6) is 0.781. The Balaban J connectivity index is 2.08. The second-order valence-electron chi connectivity index (χ2n) is 2.95. The standard InChI is InChI=1S/C7H12N2O/c1-5-8-9-6-3-2-4-7(6)10-5/h6-7,9H,2-4H2,1H3. The van der Waals surface area contributed by atoms with Gasteiger partial charge in [0.15, 0.2) is 0 Å². The first kappa shape index (κ1) is 6.01. The maximum absolute atomic E-state index is 5.50. The maximum Gasteiger partial charge on any atom is 0.202 e. The molecule has 0 bridgehead atoms. The van der Waals surface area contributed by atoms with E-state index in [4.69, 9.17) is 4.74 Å². The lowest BCUT2D eigenvalue weighted by molar-refractivity contribution is 0.140. The molecule has 3 heteroatoms. The summed E-state index contributed by atoms with van der Waals surface area (Å²) in [6, 6.07) is 0.490. The Morgan fingerprint density at radius 1 is 1.60 bits per heavy atom. The van der Waals surface area contributed by atoms with Gasteiger partial charge in [0.2, 0.25) is 5.90 Å². The van der Waals surface area contributed by atoms with E-state index in [0.717, 1.165) is 5.90 Å². The summed E-state index contributed by atoms with van der Waals surface area (Å²) < 4.78 is 5.50. The summed E-state index contributed by atoms with van der Waals surface area (Å²) in [6.45, 7) is 1.89. The molecular weight excluding hydrogens is 128 g/mol. The van der Waals surface area contributed by atoms with Gasteiger partial charge in [0, 0.05) is 6.92 Å². The molecule has 0 aromatic rings. The molecule has 3 nitrogen and oxygen atoms in total. The quantitative estimate of drug-likeness (QED) is 0.541. The molecular formula is C7H12N2O. The number of hydrogen-bond donors (Lipinski definition) is 1. The summed E-state index contributed by atoms with van der Waals surface area (Å²) in [5, 5.41) is 4.02. The van der Waals surface area contributed by atoms with Crippen molar-refractivity contribution in [1.82, 2.24) is 5.43 Å². The Morgan fingerprint density at radius 2 is 2.50 bits per heavy atom. The van der Waals surface area contributed by atoms with Gasteiger partial charge in [-0.2, -0.15) is 0 Å². The summed E-state index contributed by atoms with van der Waals surface area (Å²) in [7, 11) is 0. The van der Waals surface area contributed by atoms with Crippen LogP contribution in [0, 0.1) is 0 Å². The Morgan fingerprint density at radius 3 is 3.40 bits per heavy atom. The third-order valence-corrected chi connectivity index (χ3v) is 2.16. The highest BCUT2D eigenvalue weighted by Gasteiger charge is 2.31. The van der Waals surface area contributed by atoms with E-state index in [1.54, 1.807) is 0 Å². The molecule has 0 amide bonds. The zero-order chi connectivity index (χ0) is 6.97. The van der Waals surface area contributed by atoms with Crippen molar-refractivity contribution in [3.05, 3.63) is 0 Å². The number of fused-ring (bicyclic) bond motifs is 1. The van der Waals surface area contributed by atoms with Crippen LogP contribution in [0.3, 0.4) is 0 Å². The highest BCUT2D eigenvalue weighted by atomic mass is 16.5. The molecule has 1 aliphatic carbocycles. The van der Waals surface area contributed by atoms with E-state index in [2.05, 4.69) is 10.5 Å². The number of ether oxygens (including phenoxy) is 1. The van der Waals surface area contributed by atoms with E-state index in [-0.39, 0.29) is 0 Å². The molecule has 1 aliphatic heterocycles. The fourth-order valence-corrected chi connectivity index (χ4v) is 1.63. The minimum absolute atomic E-state index is 0.400. The van der Waals surface area contributed by atoms with Gasteiger partial charge in [0.25, 0.3) is 0 Å². The van der Waals surface area contributed by atoms with Gasteiger partial charge in [-0.3, -0.25) is 0 Å². The average Bonchev–Trinajstić information content (AvgIpc) is 2.33. The van der Waals surface area contributed by atoms with Gasteiger partial charge in [-0.25, -0.2) is 0 Å². The molecule has 1 saturated carbocycles. The lowest BCUT2D eigenvalue weighted by Crippen LogP contribution is -2.40. The highest BCUT2D eigenvalue weighted by molar-refractivity contribution is 5.73. The largest absolute Gasteiger partial charge is 0.474 e. The Labute approximate surface area is 60.4 Å². The number of rotatable bonds is 0. The molecule has 2 unspecified atom stereocenters. The van der Waals surface area contributed by atoms with Crippen molar-refractivity contribution in [2.24, 2.45) is 5.10 Å². The minimum Gasteiger partial charge on any atom is -0.474 e. The minimum atomic E-state index is 0.400. The maximum atomic E-state index is 5.50. The topological polar surface area (TPSA) is 33.6 Å². The average molecular weight is 140 g/mol. The second kappa shape index (κ2) is 2.15. The number of nitrogens with zero attached hydrogens (tertiary/aromatic N) is 1. The van der Waals surface area contributed by atoms with Gasteiger partial charge in [-0.15, -0.1) is 5.10 Å². The van der Waals surface area contributed by atoms with Gasteiger partial charge in [-0.1, -0.05) is 0 Å². The van der Waals surface area contributed by atoms with Gasteiger partial charge in [-0.05, 0) is 19.3 Å². The van der Waals surface area contributed by atoms with Gasteiger partial charge in [0.05, 0.1) is 6.04 Å². The molecule has 2 atom stereocenters. The van der Waals surface area contributed by atoms with Crippen molar-refractivity contribution in [2.45, 2.75) is 38.3 Å². The fraction of sp³-hybridized carbons (Fsp3) is 0.857. The Hall–Kier alpha value is -0.730. The molecule has 0 aromatic carbocycles. The van der Waals surface area contributed by atoms with Crippen molar-refractivity contribution in [2.75, 3.05) is 0 Å². The van der Waals surface area contributed by atoms with Crippen molar-refractivity contribution >= 4 is 5.90 Å². The van der Waals surface area contributed by atoms with Crippen LogP contribution < -0.4 is 5.43 Å². The smallest absolute Gasteiger partial charge is 0.202 e. The molecule has 0 radical (unpaired) electrons. The normalized spacial score (nSPS) is 37.5. The predicted octanol–water partition coefficient (Wildman–Crippen LogP) is 0.861. The summed E-state index contributed by atoms with van der Waals surface area (Å²) in [5.41, 5.74) is 3.09. The van der Waals surface area contributed by atoms with Crippen LogP contribution in [0.4, 0.5) is 0 Å². The van der Waals surface area contributed by atoms with Crippen LogP contribution in [0.25, 0.3) is 0 Å². The molecule has 1 heterocycles. The monoisotopic (exact) mass is 140 g/mol. The van der Waals surface area contributed by atoms with Gasteiger partial charge in [0.1, 0.15) is 6.10 Å². The Bertz CT molecular complexity index is 167. The van der Waals surface area contributed by atoms with Crippen LogP contribution in [0.1, 0.15) is 26.2 Å². The van der Waals surface area contributed by atoms with Crippen LogP contribution in [0.15, 0.2) is 5.10 Å². The van der Waals surface area contributed by atoms with Crippen LogP contribution in [0.5, 0.6) is 0 Å².